The summed E-state index contributed by atoms with van der Waals surface area (Å²) in [5.41, 5.74) is 0. The zero-order chi connectivity index (χ0) is 13.2. The number of nitrogens with zero attached hydrogens (tertiary/aromatic N) is 1. The lowest BCUT2D eigenvalue weighted by atomic mass is 9.91. The van der Waals surface area contributed by atoms with Gasteiger partial charge in [0, 0.05) is 12.6 Å². The summed E-state index contributed by atoms with van der Waals surface area (Å²) in [4.78, 5) is 2.70. The summed E-state index contributed by atoms with van der Waals surface area (Å²) < 4.78 is 0. The van der Waals surface area contributed by atoms with Crippen LogP contribution in [0.15, 0.2) is 0 Å². The highest BCUT2D eigenvalue weighted by atomic mass is 15.1. The van der Waals surface area contributed by atoms with Crippen LogP contribution in [-0.2, 0) is 0 Å². The minimum absolute atomic E-state index is 0.698. The van der Waals surface area contributed by atoms with E-state index in [1.807, 2.05) is 0 Å². The second-order valence-electron chi connectivity index (χ2n) is 6.01. The fourth-order valence-corrected chi connectivity index (χ4v) is 3.00. The average Bonchev–Trinajstić information content (AvgIpc) is 2.41. The lowest BCUT2D eigenvalue weighted by Gasteiger charge is -2.36. The van der Waals surface area contributed by atoms with Crippen LogP contribution >= 0.6 is 0 Å². The maximum atomic E-state index is 3.67. The van der Waals surface area contributed by atoms with Crippen LogP contribution in [0.3, 0.4) is 0 Å². The Morgan fingerprint density at radius 2 is 2.00 bits per heavy atom. The normalized spacial score (nSPS) is 23.2. The maximum absolute atomic E-state index is 3.67. The predicted octanol–water partition coefficient (Wildman–Crippen LogP) is 3.67. The zero-order valence-corrected chi connectivity index (χ0v) is 12.9. The Morgan fingerprint density at radius 3 is 2.72 bits per heavy atom. The number of nitrogens with one attached hydrogen (secondary N) is 1. The Morgan fingerprint density at radius 1 is 1.17 bits per heavy atom. The molecule has 1 N–H and O–H groups in total. The van der Waals surface area contributed by atoms with Gasteiger partial charge in [0.15, 0.2) is 0 Å². The lowest BCUT2D eigenvalue weighted by molar-refractivity contribution is 0.148. The Balaban J connectivity index is 2.18. The molecule has 1 saturated heterocycles. The molecule has 0 aromatic rings. The summed E-state index contributed by atoms with van der Waals surface area (Å²) in [6, 6.07) is 0.698. The van der Waals surface area contributed by atoms with Gasteiger partial charge in [-0.2, -0.15) is 0 Å². The van der Waals surface area contributed by atoms with Gasteiger partial charge in [0.2, 0.25) is 0 Å². The topological polar surface area (TPSA) is 15.3 Å². The molecule has 0 radical (unpaired) electrons. The van der Waals surface area contributed by atoms with Crippen LogP contribution in [0.1, 0.15) is 65.7 Å². The third-order valence-electron chi connectivity index (χ3n) is 4.29. The Labute approximate surface area is 115 Å². The molecule has 0 bridgehead atoms. The molecule has 1 aliphatic rings. The average molecular weight is 254 g/mol. The molecule has 0 saturated carbocycles. The lowest BCUT2D eigenvalue weighted by Crippen LogP contribution is -2.44. The van der Waals surface area contributed by atoms with Crippen molar-refractivity contribution in [2.24, 2.45) is 5.92 Å². The zero-order valence-electron chi connectivity index (χ0n) is 12.9. The quantitative estimate of drug-likeness (QED) is 0.632. The smallest absolute Gasteiger partial charge is 0.00792 e. The largest absolute Gasteiger partial charge is 0.314 e. The van der Waals surface area contributed by atoms with E-state index in [0.717, 1.165) is 5.92 Å². The van der Waals surface area contributed by atoms with Gasteiger partial charge in [-0.15, -0.1) is 0 Å². The van der Waals surface area contributed by atoms with Gasteiger partial charge in [-0.25, -0.2) is 0 Å². The summed E-state index contributed by atoms with van der Waals surface area (Å²) in [5, 5.41) is 3.67. The van der Waals surface area contributed by atoms with Gasteiger partial charge < -0.3 is 10.2 Å². The molecule has 108 valence electrons. The van der Waals surface area contributed by atoms with Crippen molar-refractivity contribution in [3.05, 3.63) is 0 Å². The van der Waals surface area contributed by atoms with Crippen LogP contribution < -0.4 is 5.32 Å². The molecule has 0 aliphatic carbocycles. The monoisotopic (exact) mass is 254 g/mol. The molecule has 1 heterocycles. The van der Waals surface area contributed by atoms with Crippen molar-refractivity contribution in [1.82, 2.24) is 10.2 Å². The highest BCUT2D eigenvalue weighted by Crippen LogP contribution is 2.20. The molecule has 1 fully saturated rings. The fraction of sp³-hybridized carbons (Fsp3) is 1.00. The number of rotatable bonds is 9. The SMILES string of the molecule is CCCCCCN1CCCC(C(C)NCCC)C1. The van der Waals surface area contributed by atoms with Gasteiger partial charge in [0.25, 0.3) is 0 Å². The van der Waals surface area contributed by atoms with Crippen molar-refractivity contribution < 1.29 is 0 Å². The van der Waals surface area contributed by atoms with Gasteiger partial charge in [-0.1, -0.05) is 33.1 Å². The summed E-state index contributed by atoms with van der Waals surface area (Å²) in [7, 11) is 0. The van der Waals surface area contributed by atoms with E-state index in [2.05, 4.69) is 31.0 Å². The van der Waals surface area contributed by atoms with Crippen LogP contribution in [0, 0.1) is 5.92 Å². The number of hydrogen-bond donors (Lipinski definition) is 1. The molecule has 2 unspecified atom stereocenters. The van der Waals surface area contributed by atoms with Crippen molar-refractivity contribution >= 4 is 0 Å². The first-order chi connectivity index (χ1) is 8.77. The van der Waals surface area contributed by atoms with E-state index in [1.54, 1.807) is 0 Å². The minimum Gasteiger partial charge on any atom is -0.314 e. The van der Waals surface area contributed by atoms with Crippen molar-refractivity contribution in [2.75, 3.05) is 26.2 Å². The Hall–Kier alpha value is -0.0800. The van der Waals surface area contributed by atoms with E-state index in [1.165, 1.54) is 71.1 Å². The van der Waals surface area contributed by atoms with E-state index >= 15 is 0 Å². The van der Waals surface area contributed by atoms with E-state index in [9.17, 15) is 0 Å². The molecule has 2 atom stereocenters. The Bertz CT molecular complexity index is 194. The first-order valence-electron chi connectivity index (χ1n) is 8.23. The second-order valence-corrected chi connectivity index (χ2v) is 6.01. The molecule has 0 aromatic heterocycles. The molecule has 2 nitrogen and oxygen atoms in total. The Kier molecular flexibility index (Phi) is 8.70. The third kappa shape index (κ3) is 6.19. The molecule has 0 spiro atoms. The van der Waals surface area contributed by atoms with E-state index < -0.39 is 0 Å². The van der Waals surface area contributed by atoms with Crippen molar-refractivity contribution in [3.8, 4) is 0 Å². The molecule has 2 heteroatoms. The number of hydrogen-bond acceptors (Lipinski definition) is 2. The summed E-state index contributed by atoms with van der Waals surface area (Å²) in [5.74, 6) is 0.872. The molecule has 0 amide bonds. The fourth-order valence-electron chi connectivity index (χ4n) is 3.00. The predicted molar refractivity (Wildman–Crippen MR) is 81.1 cm³/mol. The van der Waals surface area contributed by atoms with Crippen LogP contribution in [0.2, 0.25) is 0 Å². The maximum Gasteiger partial charge on any atom is 0.00792 e. The molecular formula is C16H34N2. The second kappa shape index (κ2) is 9.80. The van der Waals surface area contributed by atoms with E-state index in [0.29, 0.717) is 6.04 Å². The number of likely N-dealkylation sites (tertiary alicyclic amines) is 1. The van der Waals surface area contributed by atoms with Gasteiger partial charge >= 0.3 is 0 Å². The molecule has 18 heavy (non-hydrogen) atoms. The van der Waals surface area contributed by atoms with Crippen LogP contribution in [-0.4, -0.2) is 37.1 Å². The third-order valence-corrected chi connectivity index (χ3v) is 4.29. The number of piperidine rings is 1. The van der Waals surface area contributed by atoms with Gasteiger partial charge in [-0.3, -0.25) is 0 Å². The first-order valence-corrected chi connectivity index (χ1v) is 8.23. The minimum atomic E-state index is 0.698. The van der Waals surface area contributed by atoms with Gasteiger partial charge in [0.1, 0.15) is 0 Å². The van der Waals surface area contributed by atoms with Crippen LogP contribution in [0.5, 0.6) is 0 Å². The summed E-state index contributed by atoms with van der Waals surface area (Å²) in [6.45, 7) is 12.1. The van der Waals surface area contributed by atoms with Crippen LogP contribution in [0.4, 0.5) is 0 Å². The standard InChI is InChI=1S/C16H34N2/c1-4-6-7-8-12-18-13-9-10-16(14-18)15(3)17-11-5-2/h15-17H,4-14H2,1-3H3. The molecule has 0 aromatic carbocycles. The van der Waals surface area contributed by atoms with Crippen LogP contribution in [0.25, 0.3) is 0 Å². The highest BCUT2D eigenvalue weighted by molar-refractivity contribution is 4.80. The van der Waals surface area contributed by atoms with E-state index in [-0.39, 0.29) is 0 Å². The summed E-state index contributed by atoms with van der Waals surface area (Å²) in [6.07, 6.45) is 9.64. The number of unbranched alkanes of at least 4 members (excludes halogenated alkanes) is 3. The van der Waals surface area contributed by atoms with Crippen molar-refractivity contribution in [1.29, 1.82) is 0 Å². The first kappa shape index (κ1) is 16.0. The van der Waals surface area contributed by atoms with Gasteiger partial charge in [-0.05, 0) is 58.2 Å². The van der Waals surface area contributed by atoms with Crippen molar-refractivity contribution in [3.63, 3.8) is 0 Å². The van der Waals surface area contributed by atoms with Gasteiger partial charge in [0.05, 0.1) is 0 Å². The molecule has 1 aliphatic heterocycles. The van der Waals surface area contributed by atoms with Crippen molar-refractivity contribution in [2.45, 2.75) is 71.8 Å². The molecule has 1 rings (SSSR count). The summed E-state index contributed by atoms with van der Waals surface area (Å²) >= 11 is 0. The molecular weight excluding hydrogens is 220 g/mol. The van der Waals surface area contributed by atoms with E-state index in [4.69, 9.17) is 0 Å². The highest BCUT2D eigenvalue weighted by Gasteiger charge is 2.23.